The quantitative estimate of drug-likeness (QED) is 0.797. The van der Waals surface area contributed by atoms with Gasteiger partial charge >= 0.3 is 0 Å². The third-order valence-corrected chi connectivity index (χ3v) is 4.34. The Hall–Kier alpha value is -2.63. The number of rotatable bonds is 6. The molecule has 3 amide bonds. The van der Waals surface area contributed by atoms with Gasteiger partial charge in [-0.2, -0.15) is 0 Å². The van der Waals surface area contributed by atoms with Crippen LogP contribution in [0.5, 0.6) is 0 Å². The molecule has 1 N–H and O–H groups in total. The van der Waals surface area contributed by atoms with Crippen LogP contribution in [0.1, 0.15) is 28.8 Å². The van der Waals surface area contributed by atoms with Crippen molar-refractivity contribution >= 4 is 17.7 Å². The Balaban J connectivity index is 1.57. The van der Waals surface area contributed by atoms with Crippen LogP contribution in [0.15, 0.2) is 36.9 Å². The van der Waals surface area contributed by atoms with Crippen LogP contribution in [0.2, 0.25) is 0 Å². The number of hydrogen-bond donors (Lipinski definition) is 1. The lowest BCUT2D eigenvalue weighted by atomic mass is 10.1. The molecule has 1 aromatic carbocycles. The first kappa shape index (κ1) is 16.2. The molecule has 2 aliphatic rings. The Morgan fingerprint density at radius 3 is 2.58 bits per heavy atom. The van der Waals surface area contributed by atoms with Crippen LogP contribution in [0.3, 0.4) is 0 Å². The number of nitrogens with zero attached hydrogens (tertiary/aromatic N) is 2. The van der Waals surface area contributed by atoms with Crippen molar-refractivity contribution < 1.29 is 14.4 Å². The number of amides is 3. The third-order valence-electron chi connectivity index (χ3n) is 4.34. The van der Waals surface area contributed by atoms with E-state index in [1.54, 1.807) is 34.1 Å². The molecular formula is C18H21N3O3. The van der Waals surface area contributed by atoms with Crippen LogP contribution in [0.4, 0.5) is 0 Å². The van der Waals surface area contributed by atoms with Gasteiger partial charge in [-0.15, -0.1) is 0 Å². The predicted octanol–water partition coefficient (Wildman–Crippen LogP) is 1.14. The fourth-order valence-electron chi connectivity index (χ4n) is 2.71. The summed E-state index contributed by atoms with van der Waals surface area (Å²) < 4.78 is 0. The van der Waals surface area contributed by atoms with Gasteiger partial charge in [-0.1, -0.05) is 18.7 Å². The summed E-state index contributed by atoms with van der Waals surface area (Å²) in [6.45, 7) is 5.08. The van der Waals surface area contributed by atoms with Crippen LogP contribution >= 0.6 is 0 Å². The summed E-state index contributed by atoms with van der Waals surface area (Å²) in [6, 6.07) is 7.06. The Morgan fingerprint density at radius 2 is 1.96 bits per heavy atom. The molecule has 1 heterocycles. The minimum absolute atomic E-state index is 0.0269. The molecule has 3 rings (SSSR count). The monoisotopic (exact) mass is 327 g/mol. The van der Waals surface area contributed by atoms with E-state index in [9.17, 15) is 14.4 Å². The molecule has 1 aliphatic carbocycles. The highest BCUT2D eigenvalue weighted by atomic mass is 16.2. The van der Waals surface area contributed by atoms with Gasteiger partial charge in [0, 0.05) is 18.7 Å². The van der Waals surface area contributed by atoms with Gasteiger partial charge in [0.25, 0.3) is 5.91 Å². The number of benzene rings is 1. The van der Waals surface area contributed by atoms with E-state index in [0.29, 0.717) is 24.7 Å². The minimum atomic E-state index is -0.235. The van der Waals surface area contributed by atoms with Crippen molar-refractivity contribution in [2.24, 2.45) is 5.92 Å². The molecule has 6 nitrogen and oxygen atoms in total. The second-order valence-corrected chi connectivity index (χ2v) is 6.32. The SMILES string of the molecule is C=CC(=O)NCc1ccc(C(=O)N2CC(=O)N(CC3CC3)C2)cc1. The normalized spacial score (nSPS) is 17.1. The van der Waals surface area contributed by atoms with Crippen molar-refractivity contribution in [3.8, 4) is 0 Å². The molecule has 1 saturated carbocycles. The maximum Gasteiger partial charge on any atom is 0.255 e. The lowest BCUT2D eigenvalue weighted by Crippen LogP contribution is -2.32. The Bertz CT molecular complexity index is 665. The Labute approximate surface area is 141 Å². The molecule has 0 atom stereocenters. The zero-order valence-corrected chi connectivity index (χ0v) is 13.5. The molecule has 6 heteroatoms. The Morgan fingerprint density at radius 1 is 1.25 bits per heavy atom. The van der Waals surface area contributed by atoms with Gasteiger partial charge in [-0.25, -0.2) is 0 Å². The largest absolute Gasteiger partial charge is 0.348 e. The van der Waals surface area contributed by atoms with E-state index in [4.69, 9.17) is 0 Å². The predicted molar refractivity (Wildman–Crippen MR) is 88.8 cm³/mol. The first-order chi connectivity index (χ1) is 11.6. The van der Waals surface area contributed by atoms with Gasteiger partial charge in [-0.3, -0.25) is 14.4 Å². The molecule has 2 fully saturated rings. The van der Waals surface area contributed by atoms with Gasteiger partial charge in [0.15, 0.2) is 0 Å². The van der Waals surface area contributed by atoms with Crippen molar-refractivity contribution in [2.45, 2.75) is 19.4 Å². The van der Waals surface area contributed by atoms with Gasteiger partial charge in [0.1, 0.15) is 6.54 Å². The molecule has 0 bridgehead atoms. The fourth-order valence-corrected chi connectivity index (χ4v) is 2.71. The molecule has 1 saturated heterocycles. The molecule has 1 aromatic rings. The molecule has 1 aliphatic heterocycles. The summed E-state index contributed by atoms with van der Waals surface area (Å²) in [4.78, 5) is 39.0. The van der Waals surface area contributed by atoms with Crippen LogP contribution in [-0.4, -0.2) is 47.3 Å². The highest BCUT2D eigenvalue weighted by molar-refractivity contribution is 5.98. The first-order valence-electron chi connectivity index (χ1n) is 8.13. The zero-order chi connectivity index (χ0) is 17.1. The van der Waals surface area contributed by atoms with E-state index in [-0.39, 0.29) is 24.3 Å². The summed E-state index contributed by atoms with van der Waals surface area (Å²) in [7, 11) is 0. The molecule has 0 spiro atoms. The van der Waals surface area contributed by atoms with E-state index in [1.807, 2.05) is 0 Å². The van der Waals surface area contributed by atoms with Crippen LogP contribution in [0.25, 0.3) is 0 Å². The summed E-state index contributed by atoms with van der Waals surface area (Å²) in [6.07, 6.45) is 3.58. The highest BCUT2D eigenvalue weighted by Crippen LogP contribution is 2.30. The number of hydrogen-bond acceptors (Lipinski definition) is 3. The van der Waals surface area contributed by atoms with E-state index in [0.717, 1.165) is 12.1 Å². The average molecular weight is 327 g/mol. The molecule has 126 valence electrons. The minimum Gasteiger partial charge on any atom is -0.348 e. The molecule has 24 heavy (non-hydrogen) atoms. The number of carbonyl (C=O) groups excluding carboxylic acids is 3. The van der Waals surface area contributed by atoms with Crippen LogP contribution < -0.4 is 5.32 Å². The number of carbonyl (C=O) groups is 3. The fraction of sp³-hybridized carbons (Fsp3) is 0.389. The summed E-state index contributed by atoms with van der Waals surface area (Å²) in [5, 5.41) is 2.68. The van der Waals surface area contributed by atoms with Crippen LogP contribution in [0, 0.1) is 5.92 Å². The average Bonchev–Trinajstić information content (AvgIpc) is 3.34. The van der Waals surface area contributed by atoms with Crippen molar-refractivity contribution in [1.29, 1.82) is 0 Å². The smallest absolute Gasteiger partial charge is 0.255 e. The topological polar surface area (TPSA) is 69.7 Å². The van der Waals surface area contributed by atoms with Gasteiger partial charge in [0.2, 0.25) is 11.8 Å². The zero-order valence-electron chi connectivity index (χ0n) is 13.5. The summed E-state index contributed by atoms with van der Waals surface area (Å²) in [5.74, 6) is 0.276. The second kappa shape index (κ2) is 6.86. The van der Waals surface area contributed by atoms with Gasteiger partial charge in [0.05, 0.1) is 6.67 Å². The molecular weight excluding hydrogens is 306 g/mol. The van der Waals surface area contributed by atoms with Crippen LogP contribution in [-0.2, 0) is 16.1 Å². The molecule has 0 unspecified atom stereocenters. The third kappa shape index (κ3) is 3.82. The summed E-state index contributed by atoms with van der Waals surface area (Å²) in [5.41, 5.74) is 1.45. The maximum atomic E-state index is 12.5. The van der Waals surface area contributed by atoms with Crippen molar-refractivity contribution in [3.63, 3.8) is 0 Å². The highest BCUT2D eigenvalue weighted by Gasteiger charge is 2.34. The van der Waals surface area contributed by atoms with E-state index in [1.165, 1.54) is 18.9 Å². The summed E-state index contributed by atoms with van der Waals surface area (Å²) >= 11 is 0. The Kier molecular flexibility index (Phi) is 4.64. The number of nitrogens with one attached hydrogen (secondary N) is 1. The van der Waals surface area contributed by atoms with E-state index in [2.05, 4.69) is 11.9 Å². The van der Waals surface area contributed by atoms with Gasteiger partial charge in [-0.05, 0) is 42.5 Å². The molecule has 0 radical (unpaired) electrons. The van der Waals surface area contributed by atoms with E-state index < -0.39 is 0 Å². The lowest BCUT2D eigenvalue weighted by molar-refractivity contribution is -0.126. The standard InChI is InChI=1S/C18H21N3O3/c1-2-16(22)19-9-13-5-7-15(8-6-13)18(24)21-11-17(23)20(12-21)10-14-3-4-14/h2,5-8,14H,1,3-4,9-12H2,(H,19,22). The van der Waals surface area contributed by atoms with Gasteiger partial charge < -0.3 is 15.1 Å². The maximum absolute atomic E-state index is 12.5. The van der Waals surface area contributed by atoms with Crippen molar-refractivity contribution in [2.75, 3.05) is 19.8 Å². The second-order valence-electron chi connectivity index (χ2n) is 6.32. The van der Waals surface area contributed by atoms with Crippen molar-refractivity contribution in [3.05, 3.63) is 48.0 Å². The lowest BCUT2D eigenvalue weighted by Gasteiger charge is -2.18. The van der Waals surface area contributed by atoms with Crippen molar-refractivity contribution in [1.82, 2.24) is 15.1 Å². The molecule has 0 aromatic heterocycles. The van der Waals surface area contributed by atoms with E-state index >= 15 is 0 Å². The first-order valence-corrected chi connectivity index (χ1v) is 8.13.